The molecule has 0 amide bonds. The summed E-state index contributed by atoms with van der Waals surface area (Å²) in [4.78, 5) is 8.21. The van der Waals surface area contributed by atoms with Gasteiger partial charge in [-0.3, -0.25) is 0 Å². The molecule has 6 nitrogen and oxygen atoms in total. The van der Waals surface area contributed by atoms with Crippen molar-refractivity contribution >= 4 is 40.4 Å². The third kappa shape index (κ3) is 3.70. The van der Waals surface area contributed by atoms with Gasteiger partial charge in [-0.25, -0.2) is 4.98 Å². The monoisotopic (exact) mass is 376 g/mol. The lowest BCUT2D eigenvalue weighted by Gasteiger charge is -2.14. The predicted molar refractivity (Wildman–Crippen MR) is 99.3 cm³/mol. The van der Waals surface area contributed by atoms with E-state index in [1.54, 1.807) is 37.4 Å². The summed E-state index contributed by atoms with van der Waals surface area (Å²) in [6.45, 7) is 0. The molecule has 25 heavy (non-hydrogen) atoms. The molecule has 0 atom stereocenters. The van der Waals surface area contributed by atoms with Crippen LogP contribution in [0.4, 0.5) is 17.2 Å². The van der Waals surface area contributed by atoms with E-state index in [1.165, 1.54) is 6.33 Å². The van der Waals surface area contributed by atoms with Crippen LogP contribution in [-0.4, -0.2) is 17.1 Å². The Balaban J connectivity index is 1.91. The van der Waals surface area contributed by atoms with Crippen molar-refractivity contribution in [2.45, 2.75) is 0 Å². The maximum Gasteiger partial charge on any atom is 0.248 e. The van der Waals surface area contributed by atoms with Crippen LogP contribution in [-0.2, 0) is 0 Å². The van der Waals surface area contributed by atoms with Gasteiger partial charge >= 0.3 is 0 Å². The van der Waals surface area contributed by atoms with Crippen molar-refractivity contribution in [3.8, 4) is 17.4 Å². The number of halogens is 2. The van der Waals surface area contributed by atoms with E-state index < -0.39 is 0 Å². The first-order valence-electron chi connectivity index (χ1n) is 7.22. The zero-order valence-corrected chi connectivity index (χ0v) is 14.7. The quantitative estimate of drug-likeness (QED) is 0.658. The minimum Gasteiger partial charge on any atom is -0.493 e. The molecule has 1 heterocycles. The van der Waals surface area contributed by atoms with E-state index >= 15 is 0 Å². The number of rotatable bonds is 5. The van der Waals surface area contributed by atoms with Crippen molar-refractivity contribution in [3.05, 3.63) is 58.8 Å². The van der Waals surface area contributed by atoms with E-state index in [4.69, 9.17) is 38.4 Å². The van der Waals surface area contributed by atoms with Crippen LogP contribution in [0, 0.1) is 0 Å². The molecule has 0 spiro atoms. The van der Waals surface area contributed by atoms with Crippen molar-refractivity contribution in [1.82, 2.24) is 9.97 Å². The van der Waals surface area contributed by atoms with Gasteiger partial charge in [0.15, 0.2) is 17.3 Å². The van der Waals surface area contributed by atoms with Crippen LogP contribution in [0.25, 0.3) is 0 Å². The molecule has 0 bridgehead atoms. The number of anilines is 3. The fourth-order valence-corrected chi connectivity index (χ4v) is 2.44. The summed E-state index contributed by atoms with van der Waals surface area (Å²) < 4.78 is 11.0. The third-order valence-corrected chi connectivity index (χ3v) is 4.15. The smallest absolute Gasteiger partial charge is 0.248 e. The molecule has 0 saturated heterocycles. The van der Waals surface area contributed by atoms with E-state index in [9.17, 15) is 0 Å². The SMILES string of the molecule is COc1ccccc1Oc1ncnc(Nc2cccc(Cl)c2Cl)c1N. The van der Waals surface area contributed by atoms with Gasteiger partial charge in [0.05, 0.1) is 22.8 Å². The molecule has 0 fully saturated rings. The first-order chi connectivity index (χ1) is 12.1. The van der Waals surface area contributed by atoms with Crippen LogP contribution >= 0.6 is 23.2 Å². The molecule has 3 aromatic rings. The minimum absolute atomic E-state index is 0.195. The summed E-state index contributed by atoms with van der Waals surface area (Å²) in [6.07, 6.45) is 1.34. The number of nitrogen functional groups attached to an aromatic ring is 1. The highest BCUT2D eigenvalue weighted by atomic mass is 35.5. The number of methoxy groups -OCH3 is 1. The molecule has 3 rings (SSSR count). The zero-order valence-electron chi connectivity index (χ0n) is 13.2. The van der Waals surface area contributed by atoms with E-state index in [1.807, 2.05) is 12.1 Å². The van der Waals surface area contributed by atoms with Crippen molar-refractivity contribution in [2.24, 2.45) is 0 Å². The molecule has 2 aromatic carbocycles. The molecule has 3 N–H and O–H groups in total. The number of ether oxygens (including phenoxy) is 2. The number of nitrogens with zero attached hydrogens (tertiary/aromatic N) is 2. The highest BCUT2D eigenvalue weighted by Crippen LogP contribution is 2.37. The molecular formula is C17H14Cl2N4O2. The van der Waals surface area contributed by atoms with Gasteiger partial charge in [-0.2, -0.15) is 4.98 Å². The van der Waals surface area contributed by atoms with Gasteiger partial charge in [0.25, 0.3) is 0 Å². The molecule has 0 aliphatic carbocycles. The second kappa shape index (κ2) is 7.46. The summed E-state index contributed by atoms with van der Waals surface area (Å²) in [5.41, 5.74) is 6.93. The van der Waals surface area contributed by atoms with Crippen LogP contribution in [0.5, 0.6) is 17.4 Å². The first-order valence-corrected chi connectivity index (χ1v) is 7.98. The molecule has 0 unspecified atom stereocenters. The van der Waals surface area contributed by atoms with E-state index in [2.05, 4.69) is 15.3 Å². The van der Waals surface area contributed by atoms with Crippen molar-refractivity contribution in [3.63, 3.8) is 0 Å². The Morgan fingerprint density at radius 2 is 1.76 bits per heavy atom. The van der Waals surface area contributed by atoms with Crippen LogP contribution < -0.4 is 20.5 Å². The van der Waals surface area contributed by atoms with Crippen molar-refractivity contribution in [1.29, 1.82) is 0 Å². The number of para-hydroxylation sites is 2. The van der Waals surface area contributed by atoms with Gasteiger partial charge in [-0.05, 0) is 24.3 Å². The highest BCUT2D eigenvalue weighted by molar-refractivity contribution is 6.43. The van der Waals surface area contributed by atoms with Crippen molar-refractivity contribution < 1.29 is 9.47 Å². The Morgan fingerprint density at radius 3 is 2.52 bits per heavy atom. The molecule has 8 heteroatoms. The van der Waals surface area contributed by atoms with Gasteiger partial charge in [-0.15, -0.1) is 0 Å². The molecule has 0 aliphatic rings. The van der Waals surface area contributed by atoms with Crippen LogP contribution in [0.3, 0.4) is 0 Å². The molecule has 128 valence electrons. The summed E-state index contributed by atoms with van der Waals surface area (Å²) >= 11 is 12.2. The van der Waals surface area contributed by atoms with Gasteiger partial charge in [0, 0.05) is 0 Å². The average molecular weight is 377 g/mol. The standard InChI is InChI=1S/C17H14Cl2N4O2/c1-24-12-7-2-3-8-13(12)25-17-15(20)16(21-9-22-17)23-11-6-4-5-10(18)14(11)19/h2-9H,20H2,1H3,(H,21,22,23). The normalized spacial score (nSPS) is 10.4. The van der Waals surface area contributed by atoms with Gasteiger partial charge in [0.2, 0.25) is 5.88 Å². The number of nitrogens with two attached hydrogens (primary N) is 1. The first kappa shape index (κ1) is 17.1. The zero-order chi connectivity index (χ0) is 17.8. The van der Waals surface area contributed by atoms with Crippen molar-refractivity contribution in [2.75, 3.05) is 18.2 Å². The lowest BCUT2D eigenvalue weighted by atomic mass is 10.3. The van der Waals surface area contributed by atoms with E-state index in [-0.39, 0.29) is 11.6 Å². The van der Waals surface area contributed by atoms with Crippen LogP contribution in [0.2, 0.25) is 10.0 Å². The van der Waals surface area contributed by atoms with Gasteiger partial charge in [-0.1, -0.05) is 41.4 Å². The van der Waals surface area contributed by atoms with E-state index in [0.717, 1.165) is 0 Å². The Bertz CT molecular complexity index is 906. The molecule has 0 aliphatic heterocycles. The maximum atomic E-state index is 6.18. The van der Waals surface area contributed by atoms with Gasteiger partial charge in [0.1, 0.15) is 12.0 Å². The fraction of sp³-hybridized carbons (Fsp3) is 0.0588. The topological polar surface area (TPSA) is 82.3 Å². The summed E-state index contributed by atoms with van der Waals surface area (Å²) in [6, 6.07) is 12.4. The Morgan fingerprint density at radius 1 is 1.00 bits per heavy atom. The molecule has 0 radical (unpaired) electrons. The van der Waals surface area contributed by atoms with Crippen LogP contribution in [0.15, 0.2) is 48.8 Å². The maximum absolute atomic E-state index is 6.18. The van der Waals surface area contributed by atoms with Gasteiger partial charge < -0.3 is 20.5 Å². The summed E-state index contributed by atoms with van der Waals surface area (Å²) in [5, 5.41) is 3.82. The summed E-state index contributed by atoms with van der Waals surface area (Å²) in [5.74, 6) is 1.60. The minimum atomic E-state index is 0.195. The number of nitrogens with one attached hydrogen (secondary N) is 1. The number of hydrogen-bond acceptors (Lipinski definition) is 6. The number of aromatic nitrogens is 2. The second-order valence-corrected chi connectivity index (χ2v) is 5.71. The third-order valence-electron chi connectivity index (χ3n) is 3.33. The lowest BCUT2D eigenvalue weighted by Crippen LogP contribution is -2.03. The predicted octanol–water partition coefficient (Wildman–Crippen LogP) is 4.91. The molecule has 0 saturated carbocycles. The van der Waals surface area contributed by atoms with Crippen LogP contribution in [0.1, 0.15) is 0 Å². The Hall–Kier alpha value is -2.70. The summed E-state index contributed by atoms with van der Waals surface area (Å²) in [7, 11) is 1.56. The molecule has 1 aromatic heterocycles. The largest absolute Gasteiger partial charge is 0.493 e. The number of benzene rings is 2. The lowest BCUT2D eigenvalue weighted by molar-refractivity contribution is 0.374. The van der Waals surface area contributed by atoms with E-state index in [0.29, 0.717) is 33.0 Å². The fourth-order valence-electron chi connectivity index (χ4n) is 2.10. The highest BCUT2D eigenvalue weighted by Gasteiger charge is 2.14. The second-order valence-electron chi connectivity index (χ2n) is 4.92. The Labute approximate surface area is 154 Å². The average Bonchev–Trinajstić information content (AvgIpc) is 2.62. The Kier molecular flexibility index (Phi) is 5.11. The number of hydrogen-bond donors (Lipinski definition) is 2. The molecular weight excluding hydrogens is 363 g/mol.